The van der Waals surface area contributed by atoms with Gasteiger partial charge in [0, 0.05) is 34.5 Å². The minimum absolute atomic E-state index is 0.141. The molecule has 0 bridgehead atoms. The van der Waals surface area contributed by atoms with Gasteiger partial charge in [0.25, 0.3) is 0 Å². The standard InChI is InChI=1S/C29H32FNO5S/c1-7-37(32,33)36-21-10-11-23(27(15-21)34-6)22-12-13-25-28(19(3)16-29(4,5)31-25)24(22)17-35-26-14-20(30)9-8-18(26)2/h8-16,31H,7,17H2,1-6H3. The van der Waals surface area contributed by atoms with Crippen LogP contribution in [-0.2, 0) is 16.7 Å². The highest BCUT2D eigenvalue weighted by molar-refractivity contribution is 7.87. The lowest BCUT2D eigenvalue weighted by atomic mass is 9.85. The SMILES string of the molecule is CCS(=O)(=O)Oc1ccc(-c2ccc3c(c2COc2cc(F)ccc2C)C(C)=CC(C)(C)N3)c(OC)c1. The van der Waals surface area contributed by atoms with Gasteiger partial charge in [-0.15, -0.1) is 0 Å². The van der Waals surface area contributed by atoms with E-state index in [0.29, 0.717) is 11.5 Å². The fraction of sp³-hybridized carbons (Fsp3) is 0.310. The Morgan fingerprint density at radius 2 is 1.70 bits per heavy atom. The molecular formula is C29H32FNO5S. The van der Waals surface area contributed by atoms with Crippen LogP contribution in [0.1, 0.15) is 44.4 Å². The highest BCUT2D eigenvalue weighted by Crippen LogP contribution is 2.43. The zero-order valence-corrected chi connectivity index (χ0v) is 22.8. The van der Waals surface area contributed by atoms with E-state index in [1.165, 1.54) is 26.2 Å². The van der Waals surface area contributed by atoms with E-state index in [9.17, 15) is 12.8 Å². The molecule has 6 nitrogen and oxygen atoms in total. The molecule has 0 saturated carbocycles. The average molecular weight is 526 g/mol. The topological polar surface area (TPSA) is 73.9 Å². The first-order valence-corrected chi connectivity index (χ1v) is 13.6. The Kier molecular flexibility index (Phi) is 7.24. The number of fused-ring (bicyclic) bond motifs is 1. The van der Waals surface area contributed by atoms with Crippen LogP contribution in [0, 0.1) is 12.7 Å². The number of anilines is 1. The summed E-state index contributed by atoms with van der Waals surface area (Å²) in [5, 5.41) is 3.56. The highest BCUT2D eigenvalue weighted by Gasteiger charge is 2.27. The van der Waals surface area contributed by atoms with Crippen molar-refractivity contribution in [3.63, 3.8) is 0 Å². The van der Waals surface area contributed by atoms with Gasteiger partial charge in [-0.25, -0.2) is 4.39 Å². The van der Waals surface area contributed by atoms with E-state index in [2.05, 4.69) is 32.2 Å². The molecule has 0 aromatic heterocycles. The first kappa shape index (κ1) is 26.5. The molecule has 0 unspecified atom stereocenters. The second-order valence-electron chi connectivity index (χ2n) is 9.68. The van der Waals surface area contributed by atoms with E-state index in [4.69, 9.17) is 13.7 Å². The third-order valence-corrected chi connectivity index (χ3v) is 7.46. The summed E-state index contributed by atoms with van der Waals surface area (Å²) in [5.74, 6) is 0.591. The maximum Gasteiger partial charge on any atom is 0.308 e. The van der Waals surface area contributed by atoms with Gasteiger partial charge < -0.3 is 19.0 Å². The molecular weight excluding hydrogens is 493 g/mol. The fourth-order valence-electron chi connectivity index (χ4n) is 4.63. The van der Waals surface area contributed by atoms with Gasteiger partial charge in [-0.05, 0) is 75.6 Å². The van der Waals surface area contributed by atoms with Crippen LogP contribution in [0.25, 0.3) is 16.7 Å². The van der Waals surface area contributed by atoms with Crippen LogP contribution in [0.2, 0.25) is 0 Å². The summed E-state index contributed by atoms with van der Waals surface area (Å²) in [6.07, 6.45) is 2.17. The van der Waals surface area contributed by atoms with E-state index in [-0.39, 0.29) is 29.5 Å². The van der Waals surface area contributed by atoms with Crippen LogP contribution in [0.3, 0.4) is 0 Å². The van der Waals surface area contributed by atoms with E-state index in [1.54, 1.807) is 24.3 Å². The van der Waals surface area contributed by atoms with Crippen LogP contribution < -0.4 is 19.0 Å². The van der Waals surface area contributed by atoms with Crippen LogP contribution >= 0.6 is 0 Å². The quantitative estimate of drug-likeness (QED) is 0.329. The Morgan fingerprint density at radius 1 is 0.973 bits per heavy atom. The summed E-state index contributed by atoms with van der Waals surface area (Å²) in [6, 6.07) is 13.4. The van der Waals surface area contributed by atoms with Gasteiger partial charge in [0.1, 0.15) is 29.7 Å². The number of aryl methyl sites for hydroxylation is 1. The number of allylic oxidation sites excluding steroid dienone is 1. The maximum absolute atomic E-state index is 13.9. The zero-order valence-electron chi connectivity index (χ0n) is 21.9. The molecule has 0 saturated heterocycles. The van der Waals surface area contributed by atoms with Gasteiger partial charge in [-0.3, -0.25) is 0 Å². The first-order chi connectivity index (χ1) is 17.4. The molecule has 4 rings (SSSR count). The Balaban J connectivity index is 1.85. The Bertz CT molecular complexity index is 1480. The molecule has 0 aliphatic carbocycles. The predicted molar refractivity (Wildman–Crippen MR) is 145 cm³/mol. The van der Waals surface area contributed by atoms with Crippen molar-refractivity contribution in [2.45, 2.75) is 46.8 Å². The first-order valence-electron chi connectivity index (χ1n) is 12.1. The average Bonchev–Trinajstić information content (AvgIpc) is 2.83. The lowest BCUT2D eigenvalue weighted by Crippen LogP contribution is -2.32. The van der Waals surface area contributed by atoms with Crippen molar-refractivity contribution in [3.05, 3.63) is 77.1 Å². The Morgan fingerprint density at radius 3 is 2.41 bits per heavy atom. The Hall–Kier alpha value is -3.52. The summed E-state index contributed by atoms with van der Waals surface area (Å²) in [6.45, 7) is 9.84. The van der Waals surface area contributed by atoms with E-state index >= 15 is 0 Å². The second kappa shape index (κ2) is 10.1. The summed E-state index contributed by atoms with van der Waals surface area (Å²) >= 11 is 0. The number of ether oxygens (including phenoxy) is 2. The van der Waals surface area contributed by atoms with Crippen molar-refractivity contribution in [2.75, 3.05) is 18.2 Å². The maximum atomic E-state index is 13.9. The van der Waals surface area contributed by atoms with Gasteiger partial charge in [0.05, 0.1) is 18.4 Å². The largest absolute Gasteiger partial charge is 0.496 e. The monoisotopic (exact) mass is 525 g/mol. The fourth-order valence-corrected chi connectivity index (χ4v) is 5.15. The Labute approximate surface area is 218 Å². The van der Waals surface area contributed by atoms with Gasteiger partial charge in [-0.2, -0.15) is 8.42 Å². The summed E-state index contributed by atoms with van der Waals surface area (Å²) in [7, 11) is -2.16. The number of benzene rings is 3. The lowest BCUT2D eigenvalue weighted by Gasteiger charge is -2.33. The normalized spacial score (nSPS) is 14.3. The smallest absolute Gasteiger partial charge is 0.308 e. The third-order valence-electron chi connectivity index (χ3n) is 6.30. The van der Waals surface area contributed by atoms with Crippen LogP contribution in [0.15, 0.2) is 54.6 Å². The van der Waals surface area contributed by atoms with Crippen molar-refractivity contribution in [1.82, 2.24) is 0 Å². The molecule has 196 valence electrons. The van der Waals surface area contributed by atoms with E-state index in [1.807, 2.05) is 19.1 Å². The number of hydrogen-bond acceptors (Lipinski definition) is 6. The minimum atomic E-state index is -3.68. The molecule has 1 heterocycles. The molecule has 0 spiro atoms. The number of halogens is 1. The van der Waals surface area contributed by atoms with Crippen molar-refractivity contribution in [3.8, 4) is 28.4 Å². The molecule has 0 atom stereocenters. The van der Waals surface area contributed by atoms with Crippen molar-refractivity contribution >= 4 is 21.4 Å². The molecule has 8 heteroatoms. The molecule has 1 aliphatic rings. The number of rotatable bonds is 8. The van der Waals surface area contributed by atoms with Crippen molar-refractivity contribution in [1.29, 1.82) is 0 Å². The molecule has 0 amide bonds. The van der Waals surface area contributed by atoms with E-state index in [0.717, 1.165) is 39.1 Å². The number of nitrogens with one attached hydrogen (secondary N) is 1. The van der Waals surface area contributed by atoms with Gasteiger partial charge in [0.15, 0.2) is 0 Å². The molecule has 37 heavy (non-hydrogen) atoms. The van der Waals surface area contributed by atoms with Gasteiger partial charge in [-0.1, -0.05) is 18.2 Å². The van der Waals surface area contributed by atoms with Crippen LogP contribution in [0.4, 0.5) is 10.1 Å². The second-order valence-corrected chi connectivity index (χ2v) is 11.5. The molecule has 3 aromatic carbocycles. The minimum Gasteiger partial charge on any atom is -0.496 e. The van der Waals surface area contributed by atoms with Crippen LogP contribution in [-0.4, -0.2) is 26.8 Å². The molecule has 1 N–H and O–H groups in total. The predicted octanol–water partition coefficient (Wildman–Crippen LogP) is 6.72. The van der Waals surface area contributed by atoms with E-state index < -0.39 is 10.1 Å². The van der Waals surface area contributed by atoms with Crippen molar-refractivity contribution in [2.24, 2.45) is 0 Å². The molecule has 0 radical (unpaired) electrons. The van der Waals surface area contributed by atoms with Crippen LogP contribution in [0.5, 0.6) is 17.2 Å². The zero-order chi connectivity index (χ0) is 27.0. The summed E-state index contributed by atoms with van der Waals surface area (Å²) in [5.41, 5.74) is 6.16. The number of hydrogen-bond donors (Lipinski definition) is 1. The van der Waals surface area contributed by atoms with Gasteiger partial charge >= 0.3 is 10.1 Å². The highest BCUT2D eigenvalue weighted by atomic mass is 32.2. The lowest BCUT2D eigenvalue weighted by molar-refractivity contribution is 0.302. The molecule has 1 aliphatic heterocycles. The third kappa shape index (κ3) is 5.74. The van der Waals surface area contributed by atoms with Gasteiger partial charge in [0.2, 0.25) is 0 Å². The summed E-state index contributed by atoms with van der Waals surface area (Å²) < 4.78 is 54.9. The molecule has 0 fully saturated rings. The molecule has 3 aromatic rings. The summed E-state index contributed by atoms with van der Waals surface area (Å²) in [4.78, 5) is 0. The number of methoxy groups -OCH3 is 1. The van der Waals surface area contributed by atoms with Crippen molar-refractivity contribution < 1.29 is 26.5 Å².